The molecule has 3 atom stereocenters. The molecule has 0 bridgehead atoms. The zero-order valence-electron chi connectivity index (χ0n) is 10.7. The Labute approximate surface area is 118 Å². The third kappa shape index (κ3) is 2.80. The summed E-state index contributed by atoms with van der Waals surface area (Å²) in [6.45, 7) is 2.06. The van der Waals surface area contributed by atoms with Crippen molar-refractivity contribution in [3.05, 3.63) is 18.2 Å². The van der Waals surface area contributed by atoms with Crippen molar-refractivity contribution in [3.63, 3.8) is 0 Å². The van der Waals surface area contributed by atoms with Gasteiger partial charge in [-0.15, -0.1) is 11.3 Å². The SMILES string of the molecule is CC1CCC(CS(=O)c2nc3ccc(N)cc3s2)O1. The monoisotopic (exact) mass is 296 g/mol. The highest BCUT2D eigenvalue weighted by atomic mass is 32.2. The van der Waals surface area contributed by atoms with Crippen molar-refractivity contribution in [2.45, 2.75) is 36.3 Å². The molecule has 1 fully saturated rings. The van der Waals surface area contributed by atoms with Crippen molar-refractivity contribution in [2.75, 3.05) is 11.5 Å². The number of fused-ring (bicyclic) bond motifs is 1. The fraction of sp³-hybridized carbons (Fsp3) is 0.462. The first kappa shape index (κ1) is 13.0. The molecular weight excluding hydrogens is 280 g/mol. The van der Waals surface area contributed by atoms with Gasteiger partial charge in [0.1, 0.15) is 0 Å². The molecule has 6 heteroatoms. The molecule has 1 saturated heterocycles. The zero-order chi connectivity index (χ0) is 13.4. The largest absolute Gasteiger partial charge is 0.399 e. The lowest BCUT2D eigenvalue weighted by Crippen LogP contribution is -2.17. The third-order valence-electron chi connectivity index (χ3n) is 3.24. The Kier molecular flexibility index (Phi) is 3.56. The van der Waals surface area contributed by atoms with Gasteiger partial charge in [0.15, 0.2) is 4.34 Å². The van der Waals surface area contributed by atoms with Crippen LogP contribution in [0, 0.1) is 0 Å². The van der Waals surface area contributed by atoms with Gasteiger partial charge >= 0.3 is 0 Å². The Morgan fingerprint density at radius 2 is 2.37 bits per heavy atom. The second kappa shape index (κ2) is 5.19. The normalized spacial score (nSPS) is 24.9. The number of aromatic nitrogens is 1. The van der Waals surface area contributed by atoms with Gasteiger partial charge in [-0.2, -0.15) is 0 Å². The molecule has 0 saturated carbocycles. The van der Waals surface area contributed by atoms with Crippen molar-refractivity contribution in [3.8, 4) is 0 Å². The molecule has 0 spiro atoms. The highest BCUT2D eigenvalue weighted by molar-refractivity contribution is 7.87. The molecule has 0 radical (unpaired) electrons. The van der Waals surface area contributed by atoms with Gasteiger partial charge in [-0.1, -0.05) is 0 Å². The zero-order valence-corrected chi connectivity index (χ0v) is 12.3. The van der Waals surface area contributed by atoms with Gasteiger partial charge in [-0.3, -0.25) is 4.21 Å². The van der Waals surface area contributed by atoms with Crippen LogP contribution in [0.15, 0.2) is 22.5 Å². The minimum atomic E-state index is -1.09. The average Bonchev–Trinajstić information content (AvgIpc) is 2.95. The second-order valence-electron chi connectivity index (χ2n) is 4.87. The summed E-state index contributed by atoms with van der Waals surface area (Å²) in [6, 6.07) is 5.56. The molecule has 4 nitrogen and oxygen atoms in total. The molecule has 102 valence electrons. The summed E-state index contributed by atoms with van der Waals surface area (Å²) >= 11 is 1.46. The number of rotatable bonds is 3. The summed E-state index contributed by atoms with van der Waals surface area (Å²) in [7, 11) is -1.09. The Bertz CT molecular complexity index is 626. The van der Waals surface area contributed by atoms with E-state index in [-0.39, 0.29) is 12.2 Å². The Morgan fingerprint density at radius 3 is 3.11 bits per heavy atom. The summed E-state index contributed by atoms with van der Waals surface area (Å²) in [5.74, 6) is 0.541. The number of nitrogens with zero attached hydrogens (tertiary/aromatic N) is 1. The third-order valence-corrected chi connectivity index (χ3v) is 6.02. The van der Waals surface area contributed by atoms with Gasteiger partial charge in [0.2, 0.25) is 0 Å². The van der Waals surface area contributed by atoms with Crippen LogP contribution in [0.1, 0.15) is 19.8 Å². The highest BCUT2D eigenvalue weighted by Crippen LogP contribution is 2.28. The smallest absolute Gasteiger partial charge is 0.181 e. The van der Waals surface area contributed by atoms with Crippen LogP contribution in [0.25, 0.3) is 10.2 Å². The van der Waals surface area contributed by atoms with Gasteiger partial charge in [0.25, 0.3) is 0 Å². The molecule has 2 aromatic rings. The molecule has 1 aromatic carbocycles. The molecule has 1 aromatic heterocycles. The van der Waals surface area contributed by atoms with Gasteiger partial charge < -0.3 is 10.5 Å². The molecule has 1 aliphatic rings. The van der Waals surface area contributed by atoms with Crippen LogP contribution >= 0.6 is 11.3 Å². The van der Waals surface area contributed by atoms with Gasteiger partial charge in [-0.25, -0.2) is 4.98 Å². The van der Waals surface area contributed by atoms with Gasteiger partial charge in [0, 0.05) is 5.69 Å². The molecule has 3 unspecified atom stereocenters. The first-order valence-corrected chi connectivity index (χ1v) is 8.45. The summed E-state index contributed by atoms with van der Waals surface area (Å²) in [5.41, 5.74) is 7.31. The number of hydrogen-bond acceptors (Lipinski definition) is 5. The highest BCUT2D eigenvalue weighted by Gasteiger charge is 2.25. The van der Waals surface area contributed by atoms with Crippen molar-refractivity contribution in [1.82, 2.24) is 4.98 Å². The van der Waals surface area contributed by atoms with Crippen molar-refractivity contribution in [1.29, 1.82) is 0 Å². The number of thiazole rings is 1. The number of ether oxygens (including phenoxy) is 1. The van der Waals surface area contributed by atoms with Crippen molar-refractivity contribution in [2.24, 2.45) is 0 Å². The van der Waals surface area contributed by atoms with E-state index >= 15 is 0 Å². The topological polar surface area (TPSA) is 65.2 Å². The average molecular weight is 296 g/mol. The number of hydrogen-bond donors (Lipinski definition) is 1. The molecule has 0 aliphatic carbocycles. The van der Waals surface area contributed by atoms with Crippen LogP contribution in [-0.2, 0) is 15.5 Å². The molecule has 0 amide bonds. The maximum Gasteiger partial charge on any atom is 0.181 e. The van der Waals surface area contributed by atoms with Crippen molar-refractivity contribution < 1.29 is 8.95 Å². The van der Waals surface area contributed by atoms with E-state index in [2.05, 4.69) is 11.9 Å². The van der Waals surface area contributed by atoms with Gasteiger partial charge in [0.05, 0.1) is 39.0 Å². The number of nitrogens with two attached hydrogens (primary N) is 1. The van der Waals surface area contributed by atoms with Crippen LogP contribution in [0.4, 0.5) is 5.69 Å². The fourth-order valence-electron chi connectivity index (χ4n) is 2.27. The van der Waals surface area contributed by atoms with E-state index in [0.717, 1.165) is 23.1 Å². The van der Waals surface area contributed by atoms with Crippen LogP contribution in [0.3, 0.4) is 0 Å². The van der Waals surface area contributed by atoms with E-state index in [0.29, 0.717) is 15.8 Å². The van der Waals surface area contributed by atoms with E-state index in [1.54, 1.807) is 0 Å². The minimum absolute atomic E-state index is 0.105. The number of anilines is 1. The summed E-state index contributed by atoms with van der Waals surface area (Å²) in [5, 5.41) is 0. The lowest BCUT2D eigenvalue weighted by atomic mass is 10.2. The number of nitrogen functional groups attached to an aromatic ring is 1. The van der Waals surface area contributed by atoms with Crippen molar-refractivity contribution >= 4 is 38.0 Å². The standard InChI is InChI=1S/C13H16N2O2S2/c1-8-2-4-10(17-8)7-19(16)13-15-11-5-3-9(14)6-12(11)18-13/h3,5-6,8,10H,2,4,7,14H2,1H3. The first-order chi connectivity index (χ1) is 9.11. The molecule has 3 rings (SSSR count). The molecule has 19 heavy (non-hydrogen) atoms. The van der Waals surface area contributed by atoms with Gasteiger partial charge in [-0.05, 0) is 38.0 Å². The lowest BCUT2D eigenvalue weighted by molar-refractivity contribution is 0.0695. The molecular formula is C13H16N2O2S2. The fourth-order valence-corrected chi connectivity index (χ4v) is 4.78. The van der Waals surface area contributed by atoms with Crippen LogP contribution in [0.2, 0.25) is 0 Å². The molecule has 2 N–H and O–H groups in total. The summed E-state index contributed by atoms with van der Waals surface area (Å²) < 4.78 is 19.7. The Morgan fingerprint density at radius 1 is 1.53 bits per heavy atom. The minimum Gasteiger partial charge on any atom is -0.399 e. The Hall–Kier alpha value is -0.980. The Balaban J connectivity index is 1.78. The van der Waals surface area contributed by atoms with Crippen LogP contribution in [0.5, 0.6) is 0 Å². The van der Waals surface area contributed by atoms with E-state index in [4.69, 9.17) is 10.5 Å². The predicted molar refractivity (Wildman–Crippen MR) is 78.9 cm³/mol. The quantitative estimate of drug-likeness (QED) is 0.884. The summed E-state index contributed by atoms with van der Waals surface area (Å²) in [4.78, 5) is 4.42. The molecule has 1 aliphatic heterocycles. The lowest BCUT2D eigenvalue weighted by Gasteiger charge is -2.08. The molecule has 2 heterocycles. The van der Waals surface area contributed by atoms with Crippen LogP contribution < -0.4 is 5.73 Å². The van der Waals surface area contributed by atoms with E-state index in [1.165, 1.54) is 11.3 Å². The maximum atomic E-state index is 12.3. The maximum absolute atomic E-state index is 12.3. The number of benzene rings is 1. The predicted octanol–water partition coefficient (Wildman–Crippen LogP) is 2.55. The first-order valence-electron chi connectivity index (χ1n) is 6.32. The second-order valence-corrected chi connectivity index (χ2v) is 7.57. The van der Waals surface area contributed by atoms with E-state index in [1.807, 2.05) is 18.2 Å². The van der Waals surface area contributed by atoms with E-state index < -0.39 is 10.8 Å². The van der Waals surface area contributed by atoms with E-state index in [9.17, 15) is 4.21 Å². The summed E-state index contributed by atoms with van der Waals surface area (Å²) in [6.07, 6.45) is 2.44. The van der Waals surface area contributed by atoms with Crippen LogP contribution in [-0.4, -0.2) is 27.2 Å².